The summed E-state index contributed by atoms with van der Waals surface area (Å²) in [5.41, 5.74) is 1.52. The van der Waals surface area contributed by atoms with Crippen LogP contribution < -0.4 is 0 Å². The molecular formula is C17H10BrCl2NO2S. The van der Waals surface area contributed by atoms with Crippen molar-refractivity contribution in [2.45, 2.75) is 6.54 Å². The van der Waals surface area contributed by atoms with Gasteiger partial charge in [0.15, 0.2) is 0 Å². The zero-order valence-corrected chi connectivity index (χ0v) is 16.0. The third-order valence-electron chi connectivity index (χ3n) is 3.36. The summed E-state index contributed by atoms with van der Waals surface area (Å²) in [4.78, 5) is 26.3. The second-order valence-electron chi connectivity index (χ2n) is 5.06. The number of thioether (sulfide) groups is 1. The van der Waals surface area contributed by atoms with Gasteiger partial charge in [-0.15, -0.1) is 0 Å². The van der Waals surface area contributed by atoms with Gasteiger partial charge in [0.25, 0.3) is 11.1 Å². The largest absolute Gasteiger partial charge is 0.293 e. The number of amides is 2. The Bertz CT molecular complexity index is 869. The quantitative estimate of drug-likeness (QED) is 0.547. The highest BCUT2D eigenvalue weighted by Gasteiger charge is 2.35. The van der Waals surface area contributed by atoms with Crippen molar-refractivity contribution in [3.05, 3.63) is 73.0 Å². The predicted octanol–water partition coefficient (Wildman–Crippen LogP) is 5.99. The van der Waals surface area contributed by atoms with Crippen LogP contribution >= 0.6 is 50.9 Å². The maximum atomic E-state index is 12.5. The van der Waals surface area contributed by atoms with Gasteiger partial charge in [0.1, 0.15) is 0 Å². The smallest absolute Gasteiger partial charge is 0.268 e. The number of carbonyl (C=O) groups excluding carboxylic acids is 2. The SMILES string of the molecule is O=C1S/C(=C\c2cccc(Br)c2)C(=O)N1Cc1ccc(Cl)cc1Cl. The minimum Gasteiger partial charge on any atom is -0.268 e. The molecule has 2 aromatic carbocycles. The van der Waals surface area contributed by atoms with E-state index in [0.29, 0.717) is 20.5 Å². The second kappa shape index (κ2) is 7.31. The fraction of sp³-hybridized carbons (Fsp3) is 0.0588. The highest BCUT2D eigenvalue weighted by atomic mass is 79.9. The molecule has 3 rings (SSSR count). The number of hydrogen-bond donors (Lipinski definition) is 0. The molecule has 0 atom stereocenters. The van der Waals surface area contributed by atoms with Gasteiger partial charge in [-0.3, -0.25) is 14.5 Å². The van der Waals surface area contributed by atoms with Crippen LogP contribution in [0.25, 0.3) is 6.08 Å². The van der Waals surface area contributed by atoms with E-state index in [-0.39, 0.29) is 17.7 Å². The molecule has 3 nitrogen and oxygen atoms in total. The Labute approximate surface area is 161 Å². The number of benzene rings is 2. The molecule has 1 aliphatic heterocycles. The highest BCUT2D eigenvalue weighted by Crippen LogP contribution is 2.34. The maximum absolute atomic E-state index is 12.5. The van der Waals surface area contributed by atoms with Crippen LogP contribution in [-0.4, -0.2) is 16.0 Å². The number of rotatable bonds is 3. The molecule has 7 heteroatoms. The van der Waals surface area contributed by atoms with E-state index in [1.54, 1.807) is 24.3 Å². The van der Waals surface area contributed by atoms with Gasteiger partial charge in [0.05, 0.1) is 11.4 Å². The van der Waals surface area contributed by atoms with Gasteiger partial charge in [-0.1, -0.05) is 57.3 Å². The summed E-state index contributed by atoms with van der Waals surface area (Å²) in [5, 5.41) is 0.622. The third kappa shape index (κ3) is 3.86. The van der Waals surface area contributed by atoms with Crippen molar-refractivity contribution in [3.63, 3.8) is 0 Å². The Morgan fingerprint density at radius 1 is 1.12 bits per heavy atom. The zero-order chi connectivity index (χ0) is 17.3. The van der Waals surface area contributed by atoms with Gasteiger partial charge in [-0.2, -0.15) is 0 Å². The number of hydrogen-bond acceptors (Lipinski definition) is 3. The van der Waals surface area contributed by atoms with Crippen molar-refractivity contribution >= 4 is 68.1 Å². The monoisotopic (exact) mass is 441 g/mol. The van der Waals surface area contributed by atoms with Gasteiger partial charge in [-0.25, -0.2) is 0 Å². The number of halogens is 3. The standard InChI is InChI=1S/C17H10BrCl2NO2S/c18-12-3-1-2-10(6-12)7-15-16(22)21(17(23)24-15)9-11-4-5-13(19)8-14(11)20/h1-8H,9H2/b15-7-. The van der Waals surface area contributed by atoms with Gasteiger partial charge in [0, 0.05) is 14.5 Å². The first kappa shape index (κ1) is 17.5. The molecule has 24 heavy (non-hydrogen) atoms. The first-order valence-electron chi connectivity index (χ1n) is 6.89. The summed E-state index contributed by atoms with van der Waals surface area (Å²) in [6.45, 7) is 0.122. The van der Waals surface area contributed by atoms with Crippen molar-refractivity contribution in [2.75, 3.05) is 0 Å². The van der Waals surface area contributed by atoms with Crippen molar-refractivity contribution in [3.8, 4) is 0 Å². The summed E-state index contributed by atoms with van der Waals surface area (Å²) >= 11 is 16.3. The lowest BCUT2D eigenvalue weighted by molar-refractivity contribution is -0.123. The van der Waals surface area contributed by atoms with Crippen molar-refractivity contribution < 1.29 is 9.59 Å². The number of nitrogens with zero attached hydrogens (tertiary/aromatic N) is 1. The fourth-order valence-corrected chi connectivity index (χ4v) is 3.93. The van der Waals surface area contributed by atoms with Crippen LogP contribution in [0.4, 0.5) is 4.79 Å². The zero-order valence-electron chi connectivity index (χ0n) is 12.1. The lowest BCUT2D eigenvalue weighted by atomic mass is 10.2. The molecule has 0 N–H and O–H groups in total. The van der Waals surface area contributed by atoms with Crippen LogP contribution in [0.1, 0.15) is 11.1 Å². The molecule has 0 unspecified atom stereocenters. The van der Waals surface area contributed by atoms with Crippen molar-refractivity contribution in [2.24, 2.45) is 0 Å². The van der Waals surface area contributed by atoms with E-state index in [1.165, 1.54) is 4.90 Å². The second-order valence-corrected chi connectivity index (χ2v) is 7.81. The van der Waals surface area contributed by atoms with Gasteiger partial charge < -0.3 is 0 Å². The van der Waals surface area contributed by atoms with Crippen LogP contribution in [0.3, 0.4) is 0 Å². The number of carbonyl (C=O) groups is 2. The Balaban J connectivity index is 1.84. The molecular weight excluding hydrogens is 433 g/mol. The van der Waals surface area contributed by atoms with E-state index in [9.17, 15) is 9.59 Å². The normalized spacial score (nSPS) is 16.3. The van der Waals surface area contributed by atoms with E-state index in [4.69, 9.17) is 23.2 Å². The minimum absolute atomic E-state index is 0.122. The lowest BCUT2D eigenvalue weighted by Gasteiger charge is -2.13. The molecule has 0 saturated carbocycles. The molecule has 1 aliphatic rings. The highest BCUT2D eigenvalue weighted by molar-refractivity contribution is 9.10. The number of imide groups is 1. The summed E-state index contributed by atoms with van der Waals surface area (Å²) in [7, 11) is 0. The topological polar surface area (TPSA) is 37.4 Å². The van der Waals surface area contributed by atoms with E-state index in [0.717, 1.165) is 21.8 Å². The van der Waals surface area contributed by atoms with E-state index in [2.05, 4.69) is 15.9 Å². The Kier molecular flexibility index (Phi) is 5.35. The molecule has 1 heterocycles. The van der Waals surface area contributed by atoms with Gasteiger partial charge in [-0.05, 0) is 53.2 Å². The Morgan fingerprint density at radius 3 is 2.62 bits per heavy atom. The maximum Gasteiger partial charge on any atom is 0.293 e. The Hall–Kier alpha value is -1.27. The van der Waals surface area contributed by atoms with Crippen molar-refractivity contribution in [1.29, 1.82) is 0 Å². The summed E-state index contributed by atoms with van der Waals surface area (Å²) < 4.78 is 0.906. The van der Waals surface area contributed by atoms with Crippen LogP contribution in [0, 0.1) is 0 Å². The molecule has 0 radical (unpaired) electrons. The lowest BCUT2D eigenvalue weighted by Crippen LogP contribution is -2.27. The molecule has 0 aliphatic carbocycles. The van der Waals surface area contributed by atoms with Crippen LogP contribution in [-0.2, 0) is 11.3 Å². The molecule has 2 amide bonds. The average molecular weight is 443 g/mol. The van der Waals surface area contributed by atoms with Crippen molar-refractivity contribution in [1.82, 2.24) is 4.90 Å². The van der Waals surface area contributed by atoms with E-state index < -0.39 is 0 Å². The third-order valence-corrected chi connectivity index (χ3v) is 5.35. The van der Waals surface area contributed by atoms with Gasteiger partial charge >= 0.3 is 0 Å². The molecule has 0 spiro atoms. The van der Waals surface area contributed by atoms with Crippen LogP contribution in [0.5, 0.6) is 0 Å². The molecule has 1 saturated heterocycles. The minimum atomic E-state index is -0.323. The molecule has 2 aromatic rings. The van der Waals surface area contributed by atoms with Gasteiger partial charge in [0.2, 0.25) is 0 Å². The summed E-state index contributed by atoms with van der Waals surface area (Å²) in [6.07, 6.45) is 1.71. The molecule has 1 fully saturated rings. The molecule has 0 bridgehead atoms. The molecule has 122 valence electrons. The predicted molar refractivity (Wildman–Crippen MR) is 102 cm³/mol. The molecule has 0 aromatic heterocycles. The fourth-order valence-electron chi connectivity index (χ4n) is 2.20. The summed E-state index contributed by atoms with van der Waals surface area (Å²) in [5.74, 6) is -0.323. The van der Waals surface area contributed by atoms with E-state index >= 15 is 0 Å². The summed E-state index contributed by atoms with van der Waals surface area (Å²) in [6, 6.07) is 12.5. The average Bonchev–Trinajstić information content (AvgIpc) is 2.77. The van der Waals surface area contributed by atoms with Crippen LogP contribution in [0.2, 0.25) is 10.0 Å². The first-order chi connectivity index (χ1) is 11.4. The Morgan fingerprint density at radius 2 is 1.92 bits per heavy atom. The van der Waals surface area contributed by atoms with E-state index in [1.807, 2.05) is 24.3 Å². The first-order valence-corrected chi connectivity index (χ1v) is 9.25. The van der Waals surface area contributed by atoms with Crippen LogP contribution in [0.15, 0.2) is 51.8 Å².